The van der Waals surface area contributed by atoms with Gasteiger partial charge in [0.1, 0.15) is 11.5 Å². The maximum absolute atomic E-state index is 5.72. The third-order valence-corrected chi connectivity index (χ3v) is 3.53. The highest BCUT2D eigenvalue weighted by Crippen LogP contribution is 2.24. The van der Waals surface area contributed by atoms with Crippen molar-refractivity contribution in [2.75, 3.05) is 19.0 Å². The molecule has 0 heterocycles. The lowest BCUT2D eigenvalue weighted by molar-refractivity contribution is 0.306. The summed E-state index contributed by atoms with van der Waals surface area (Å²) in [5.41, 5.74) is 2.22. The summed E-state index contributed by atoms with van der Waals surface area (Å²) in [5.74, 6) is 1.80. The number of benzene rings is 2. The minimum Gasteiger partial charge on any atom is -0.495 e. The molecule has 2 aromatic rings. The highest BCUT2D eigenvalue weighted by Gasteiger charge is 2.01. The van der Waals surface area contributed by atoms with Crippen molar-refractivity contribution < 1.29 is 9.47 Å². The first-order valence-electron chi connectivity index (χ1n) is 7.92. The van der Waals surface area contributed by atoms with E-state index in [9.17, 15) is 0 Å². The molecule has 22 heavy (non-hydrogen) atoms. The summed E-state index contributed by atoms with van der Waals surface area (Å²) >= 11 is 0. The number of unbranched alkanes of at least 4 members (excludes halogenated alkanes) is 2. The number of hydrogen-bond acceptors (Lipinski definition) is 3. The van der Waals surface area contributed by atoms with E-state index in [-0.39, 0.29) is 0 Å². The molecule has 0 saturated carbocycles. The predicted molar refractivity (Wildman–Crippen MR) is 91.8 cm³/mol. The fraction of sp³-hybridized carbons (Fsp3) is 0.368. The van der Waals surface area contributed by atoms with Crippen molar-refractivity contribution in [1.29, 1.82) is 0 Å². The lowest BCUT2D eigenvalue weighted by Gasteiger charge is -2.11. The molecule has 0 aromatic heterocycles. The van der Waals surface area contributed by atoms with Crippen LogP contribution in [0, 0.1) is 0 Å². The number of rotatable bonds is 9. The van der Waals surface area contributed by atoms with Crippen molar-refractivity contribution in [3.8, 4) is 11.5 Å². The summed E-state index contributed by atoms with van der Waals surface area (Å²) in [7, 11) is 1.69. The molecule has 0 aliphatic heterocycles. The van der Waals surface area contributed by atoms with Gasteiger partial charge in [-0.05, 0) is 36.2 Å². The number of anilines is 1. The Morgan fingerprint density at radius 1 is 0.955 bits per heavy atom. The molecule has 0 radical (unpaired) electrons. The van der Waals surface area contributed by atoms with Crippen molar-refractivity contribution in [3.63, 3.8) is 0 Å². The third kappa shape index (κ3) is 4.99. The molecule has 0 unspecified atom stereocenters. The Hall–Kier alpha value is -2.16. The molecule has 2 aromatic carbocycles. The van der Waals surface area contributed by atoms with Gasteiger partial charge in [-0.3, -0.25) is 0 Å². The minimum atomic E-state index is 0.760. The monoisotopic (exact) mass is 299 g/mol. The van der Waals surface area contributed by atoms with Gasteiger partial charge in [-0.15, -0.1) is 0 Å². The molecule has 118 valence electrons. The molecule has 0 bridgehead atoms. The Balaban J connectivity index is 1.83. The molecular weight excluding hydrogens is 274 g/mol. The highest BCUT2D eigenvalue weighted by molar-refractivity contribution is 5.56. The van der Waals surface area contributed by atoms with E-state index < -0.39 is 0 Å². The summed E-state index contributed by atoms with van der Waals surface area (Å²) in [6.07, 6.45) is 3.56. The Labute approximate surface area is 133 Å². The SMILES string of the molecule is CCCCCOc1ccc(CNc2ccccc2OC)cc1. The second-order valence-corrected chi connectivity index (χ2v) is 5.25. The van der Waals surface area contributed by atoms with Gasteiger partial charge in [0.2, 0.25) is 0 Å². The zero-order valence-electron chi connectivity index (χ0n) is 13.5. The van der Waals surface area contributed by atoms with Crippen molar-refractivity contribution in [2.24, 2.45) is 0 Å². The molecule has 0 fully saturated rings. The van der Waals surface area contributed by atoms with Gasteiger partial charge < -0.3 is 14.8 Å². The van der Waals surface area contributed by atoms with Gasteiger partial charge in [-0.2, -0.15) is 0 Å². The quantitative estimate of drug-likeness (QED) is 0.670. The van der Waals surface area contributed by atoms with Crippen LogP contribution in [-0.2, 0) is 6.54 Å². The normalized spacial score (nSPS) is 10.3. The van der Waals surface area contributed by atoms with Crippen LogP contribution in [0.1, 0.15) is 31.7 Å². The second kappa shape index (κ2) is 8.98. The Morgan fingerprint density at radius 3 is 2.45 bits per heavy atom. The molecule has 0 aliphatic rings. The zero-order valence-corrected chi connectivity index (χ0v) is 13.5. The molecular formula is C19H25NO2. The predicted octanol–water partition coefficient (Wildman–Crippen LogP) is 4.88. The topological polar surface area (TPSA) is 30.5 Å². The van der Waals surface area contributed by atoms with Gasteiger partial charge in [0, 0.05) is 6.54 Å². The molecule has 1 N–H and O–H groups in total. The molecule has 3 heteroatoms. The molecule has 0 saturated heterocycles. The molecule has 0 amide bonds. The van der Waals surface area contributed by atoms with Crippen LogP contribution in [-0.4, -0.2) is 13.7 Å². The maximum atomic E-state index is 5.72. The lowest BCUT2D eigenvalue weighted by atomic mass is 10.2. The maximum Gasteiger partial charge on any atom is 0.141 e. The Bertz CT molecular complexity index is 552. The highest BCUT2D eigenvalue weighted by atomic mass is 16.5. The van der Waals surface area contributed by atoms with E-state index in [4.69, 9.17) is 9.47 Å². The summed E-state index contributed by atoms with van der Waals surface area (Å²) in [5, 5.41) is 3.39. The van der Waals surface area contributed by atoms with Crippen molar-refractivity contribution in [1.82, 2.24) is 0 Å². The Kier molecular flexibility index (Phi) is 6.62. The Morgan fingerprint density at radius 2 is 1.73 bits per heavy atom. The zero-order chi connectivity index (χ0) is 15.6. The average Bonchev–Trinajstić information content (AvgIpc) is 2.58. The van der Waals surface area contributed by atoms with Crippen LogP contribution < -0.4 is 14.8 Å². The van der Waals surface area contributed by atoms with E-state index in [1.807, 2.05) is 36.4 Å². The van der Waals surface area contributed by atoms with Crippen molar-refractivity contribution in [2.45, 2.75) is 32.7 Å². The van der Waals surface area contributed by atoms with Crippen molar-refractivity contribution >= 4 is 5.69 Å². The molecule has 3 nitrogen and oxygen atoms in total. The van der Waals surface area contributed by atoms with Gasteiger partial charge in [-0.25, -0.2) is 0 Å². The largest absolute Gasteiger partial charge is 0.495 e. The fourth-order valence-corrected chi connectivity index (χ4v) is 2.23. The van der Waals surface area contributed by atoms with E-state index in [0.717, 1.165) is 36.8 Å². The fourth-order valence-electron chi connectivity index (χ4n) is 2.23. The third-order valence-electron chi connectivity index (χ3n) is 3.53. The van der Waals surface area contributed by atoms with Crippen molar-refractivity contribution in [3.05, 3.63) is 54.1 Å². The number of ether oxygens (including phenoxy) is 2. The summed E-state index contributed by atoms with van der Waals surface area (Å²) in [6.45, 7) is 3.76. The van der Waals surface area contributed by atoms with E-state index in [1.165, 1.54) is 18.4 Å². The summed E-state index contributed by atoms with van der Waals surface area (Å²) in [4.78, 5) is 0. The lowest BCUT2D eigenvalue weighted by Crippen LogP contribution is -2.01. The number of methoxy groups -OCH3 is 1. The van der Waals surface area contributed by atoms with E-state index >= 15 is 0 Å². The summed E-state index contributed by atoms with van der Waals surface area (Å²) < 4.78 is 11.1. The molecule has 0 aliphatic carbocycles. The van der Waals surface area contributed by atoms with Gasteiger partial charge in [-0.1, -0.05) is 44.0 Å². The minimum absolute atomic E-state index is 0.760. The molecule has 2 rings (SSSR count). The van der Waals surface area contributed by atoms with Gasteiger partial charge in [0.25, 0.3) is 0 Å². The standard InChI is InChI=1S/C19H25NO2/c1-3-4-7-14-22-17-12-10-16(11-13-17)15-20-18-8-5-6-9-19(18)21-2/h5-6,8-13,20H,3-4,7,14-15H2,1-2H3. The van der Waals surface area contributed by atoms with Crippen LogP contribution in [0.4, 0.5) is 5.69 Å². The van der Waals surface area contributed by atoms with Crippen LogP contribution in [0.3, 0.4) is 0 Å². The van der Waals surface area contributed by atoms with Crippen LogP contribution in [0.5, 0.6) is 11.5 Å². The van der Waals surface area contributed by atoms with E-state index in [2.05, 4.69) is 24.4 Å². The van der Waals surface area contributed by atoms with Gasteiger partial charge >= 0.3 is 0 Å². The van der Waals surface area contributed by atoms with Crippen LogP contribution in [0.25, 0.3) is 0 Å². The van der Waals surface area contributed by atoms with Crippen LogP contribution >= 0.6 is 0 Å². The van der Waals surface area contributed by atoms with Gasteiger partial charge in [0.15, 0.2) is 0 Å². The first-order valence-corrected chi connectivity index (χ1v) is 7.92. The molecule has 0 spiro atoms. The van der Waals surface area contributed by atoms with Crippen LogP contribution in [0.2, 0.25) is 0 Å². The first-order chi connectivity index (χ1) is 10.8. The molecule has 0 atom stereocenters. The second-order valence-electron chi connectivity index (χ2n) is 5.25. The first kappa shape index (κ1) is 16.2. The average molecular weight is 299 g/mol. The van der Waals surface area contributed by atoms with Gasteiger partial charge in [0.05, 0.1) is 19.4 Å². The van der Waals surface area contributed by atoms with Crippen LogP contribution in [0.15, 0.2) is 48.5 Å². The van der Waals surface area contributed by atoms with E-state index in [0.29, 0.717) is 0 Å². The smallest absolute Gasteiger partial charge is 0.141 e. The van der Waals surface area contributed by atoms with E-state index in [1.54, 1.807) is 7.11 Å². The number of hydrogen-bond donors (Lipinski definition) is 1. The number of nitrogens with one attached hydrogen (secondary N) is 1. The number of para-hydroxylation sites is 2. The summed E-state index contributed by atoms with van der Waals surface area (Å²) in [6, 6.07) is 16.2.